The van der Waals surface area contributed by atoms with Crippen molar-refractivity contribution in [3.63, 3.8) is 0 Å². The number of carbonyl (C=O) groups is 2. The summed E-state index contributed by atoms with van der Waals surface area (Å²) >= 11 is 0. The highest BCUT2D eigenvalue weighted by atomic mass is 16.5. The number of amides is 2. The standard InChI is InChI=1S/C25H22N4O5/c1-32-20-12-10-18(11-13-20)25-29-28-23(34-25)16-33-21-9-5-8-19(14-21)27-22(30)15-26-24(31)17-6-3-2-4-7-17/h2-14H,15-16H2,1H3,(H,26,31)(H,27,30). The van der Waals surface area contributed by atoms with Gasteiger partial charge in [-0.05, 0) is 48.5 Å². The molecule has 2 amide bonds. The molecule has 0 saturated carbocycles. The van der Waals surface area contributed by atoms with Crippen LogP contribution in [0.1, 0.15) is 16.2 Å². The van der Waals surface area contributed by atoms with Crippen LogP contribution in [-0.4, -0.2) is 35.7 Å². The van der Waals surface area contributed by atoms with E-state index in [1.807, 2.05) is 30.3 Å². The summed E-state index contributed by atoms with van der Waals surface area (Å²) in [6, 6.07) is 22.8. The van der Waals surface area contributed by atoms with Gasteiger partial charge in [-0.3, -0.25) is 9.59 Å². The molecule has 0 unspecified atom stereocenters. The van der Waals surface area contributed by atoms with E-state index in [9.17, 15) is 9.59 Å². The maximum Gasteiger partial charge on any atom is 0.254 e. The largest absolute Gasteiger partial charge is 0.497 e. The van der Waals surface area contributed by atoms with Crippen LogP contribution in [0.3, 0.4) is 0 Å². The average molecular weight is 458 g/mol. The zero-order chi connectivity index (χ0) is 23.8. The van der Waals surface area contributed by atoms with Crippen LogP contribution in [0.2, 0.25) is 0 Å². The number of nitrogens with one attached hydrogen (secondary N) is 2. The van der Waals surface area contributed by atoms with Gasteiger partial charge in [-0.25, -0.2) is 0 Å². The third kappa shape index (κ3) is 5.98. The summed E-state index contributed by atoms with van der Waals surface area (Å²) in [5.74, 6) is 1.25. The quantitative estimate of drug-likeness (QED) is 0.393. The lowest BCUT2D eigenvalue weighted by molar-refractivity contribution is -0.115. The zero-order valence-corrected chi connectivity index (χ0v) is 18.4. The number of hydrogen-bond donors (Lipinski definition) is 2. The van der Waals surface area contributed by atoms with Gasteiger partial charge in [0.25, 0.3) is 11.8 Å². The fourth-order valence-electron chi connectivity index (χ4n) is 3.03. The number of nitrogens with zero attached hydrogens (tertiary/aromatic N) is 2. The molecule has 9 heteroatoms. The first-order chi connectivity index (χ1) is 16.6. The molecule has 34 heavy (non-hydrogen) atoms. The molecule has 0 radical (unpaired) electrons. The molecule has 172 valence electrons. The number of hydrogen-bond acceptors (Lipinski definition) is 7. The number of ether oxygens (including phenoxy) is 2. The summed E-state index contributed by atoms with van der Waals surface area (Å²) < 4.78 is 16.5. The molecule has 4 rings (SSSR count). The normalized spacial score (nSPS) is 10.4. The Kier molecular flexibility index (Phi) is 7.14. The number of aromatic nitrogens is 2. The molecule has 0 spiro atoms. The molecular weight excluding hydrogens is 436 g/mol. The van der Waals surface area contributed by atoms with E-state index in [2.05, 4.69) is 20.8 Å². The minimum Gasteiger partial charge on any atom is -0.497 e. The van der Waals surface area contributed by atoms with Gasteiger partial charge >= 0.3 is 0 Å². The van der Waals surface area contributed by atoms with Crippen molar-refractivity contribution >= 4 is 17.5 Å². The van der Waals surface area contributed by atoms with E-state index < -0.39 is 0 Å². The minimum absolute atomic E-state index is 0.0632. The van der Waals surface area contributed by atoms with Crippen molar-refractivity contribution in [2.75, 3.05) is 19.0 Å². The van der Waals surface area contributed by atoms with Crippen LogP contribution in [0.25, 0.3) is 11.5 Å². The van der Waals surface area contributed by atoms with Crippen LogP contribution in [0.15, 0.2) is 83.3 Å². The molecule has 0 fully saturated rings. The second-order valence-electron chi connectivity index (χ2n) is 7.14. The molecule has 0 aliphatic rings. The van der Waals surface area contributed by atoms with Crippen LogP contribution >= 0.6 is 0 Å². The second-order valence-corrected chi connectivity index (χ2v) is 7.14. The molecular formula is C25H22N4O5. The number of methoxy groups -OCH3 is 1. The van der Waals surface area contributed by atoms with Gasteiger partial charge in [0, 0.05) is 22.9 Å². The predicted molar refractivity (Wildman–Crippen MR) is 124 cm³/mol. The smallest absolute Gasteiger partial charge is 0.254 e. The third-order valence-electron chi connectivity index (χ3n) is 4.73. The summed E-state index contributed by atoms with van der Waals surface area (Å²) in [6.07, 6.45) is 0. The van der Waals surface area contributed by atoms with Gasteiger partial charge < -0.3 is 24.5 Å². The van der Waals surface area contributed by atoms with E-state index in [4.69, 9.17) is 13.9 Å². The van der Waals surface area contributed by atoms with Crippen molar-refractivity contribution in [3.8, 4) is 23.0 Å². The summed E-state index contributed by atoms with van der Waals surface area (Å²) in [6.45, 7) is -0.0946. The van der Waals surface area contributed by atoms with E-state index >= 15 is 0 Å². The third-order valence-corrected chi connectivity index (χ3v) is 4.73. The van der Waals surface area contributed by atoms with Crippen molar-refractivity contribution in [1.29, 1.82) is 0 Å². The average Bonchev–Trinajstić information content (AvgIpc) is 3.36. The molecule has 4 aromatic rings. The summed E-state index contributed by atoms with van der Waals surface area (Å²) in [5.41, 5.74) is 1.78. The molecule has 1 heterocycles. The monoisotopic (exact) mass is 458 g/mol. The van der Waals surface area contributed by atoms with Crippen molar-refractivity contribution in [2.24, 2.45) is 0 Å². The topological polar surface area (TPSA) is 116 Å². The van der Waals surface area contributed by atoms with Gasteiger partial charge in [0.1, 0.15) is 11.5 Å². The van der Waals surface area contributed by atoms with Crippen LogP contribution in [0, 0.1) is 0 Å². The highest BCUT2D eigenvalue weighted by Crippen LogP contribution is 2.22. The highest BCUT2D eigenvalue weighted by molar-refractivity contribution is 5.99. The Hall–Kier alpha value is -4.66. The van der Waals surface area contributed by atoms with Gasteiger partial charge in [-0.1, -0.05) is 24.3 Å². The fraction of sp³-hybridized carbons (Fsp3) is 0.120. The van der Waals surface area contributed by atoms with E-state index in [1.54, 1.807) is 55.6 Å². The van der Waals surface area contributed by atoms with Crippen molar-refractivity contribution in [2.45, 2.75) is 6.61 Å². The molecule has 2 N–H and O–H groups in total. The Labute approximate surface area is 195 Å². The van der Waals surface area contributed by atoms with Crippen LogP contribution < -0.4 is 20.1 Å². The van der Waals surface area contributed by atoms with Gasteiger partial charge in [-0.2, -0.15) is 0 Å². The SMILES string of the molecule is COc1ccc(-c2nnc(COc3cccc(NC(=O)CNC(=O)c4ccccc4)c3)o2)cc1. The molecule has 0 saturated heterocycles. The first-order valence-corrected chi connectivity index (χ1v) is 10.4. The molecule has 9 nitrogen and oxygen atoms in total. The lowest BCUT2D eigenvalue weighted by atomic mass is 10.2. The first kappa shape index (κ1) is 22.5. The maximum absolute atomic E-state index is 12.2. The fourth-order valence-corrected chi connectivity index (χ4v) is 3.03. The molecule has 0 aliphatic heterocycles. The lowest BCUT2D eigenvalue weighted by Crippen LogP contribution is -2.32. The number of anilines is 1. The van der Waals surface area contributed by atoms with Gasteiger partial charge in [0.15, 0.2) is 6.61 Å². The van der Waals surface area contributed by atoms with Crippen LogP contribution in [0.5, 0.6) is 11.5 Å². The van der Waals surface area contributed by atoms with E-state index in [1.165, 1.54) is 0 Å². The molecule has 0 bridgehead atoms. The Balaban J connectivity index is 1.28. The highest BCUT2D eigenvalue weighted by Gasteiger charge is 2.11. The van der Waals surface area contributed by atoms with Crippen molar-refractivity contribution in [1.82, 2.24) is 15.5 Å². The molecule has 0 atom stereocenters. The van der Waals surface area contributed by atoms with Crippen LogP contribution in [0.4, 0.5) is 5.69 Å². The summed E-state index contributed by atoms with van der Waals surface area (Å²) in [7, 11) is 1.60. The van der Waals surface area contributed by atoms with Gasteiger partial charge in [0.2, 0.25) is 11.8 Å². The Bertz CT molecular complexity index is 1260. The number of benzene rings is 3. The Morgan fingerprint density at radius 2 is 1.71 bits per heavy atom. The van der Waals surface area contributed by atoms with E-state index in [0.717, 1.165) is 11.3 Å². The predicted octanol–water partition coefficient (Wildman–Crippen LogP) is 3.69. The minimum atomic E-state index is -0.359. The second kappa shape index (κ2) is 10.8. The van der Waals surface area contributed by atoms with E-state index in [-0.39, 0.29) is 25.0 Å². The van der Waals surface area contributed by atoms with Crippen molar-refractivity contribution < 1.29 is 23.5 Å². The lowest BCUT2D eigenvalue weighted by Gasteiger charge is -2.09. The maximum atomic E-state index is 12.2. The summed E-state index contributed by atoms with van der Waals surface area (Å²) in [4.78, 5) is 24.3. The number of carbonyl (C=O) groups excluding carboxylic acids is 2. The Morgan fingerprint density at radius 1 is 0.912 bits per heavy atom. The molecule has 3 aromatic carbocycles. The van der Waals surface area contributed by atoms with Crippen LogP contribution in [-0.2, 0) is 11.4 Å². The molecule has 0 aliphatic carbocycles. The van der Waals surface area contributed by atoms with Gasteiger partial charge in [-0.15, -0.1) is 10.2 Å². The summed E-state index contributed by atoms with van der Waals surface area (Å²) in [5, 5.41) is 13.4. The first-order valence-electron chi connectivity index (χ1n) is 10.4. The van der Waals surface area contributed by atoms with E-state index in [0.29, 0.717) is 28.8 Å². The number of rotatable bonds is 9. The Morgan fingerprint density at radius 3 is 2.47 bits per heavy atom. The van der Waals surface area contributed by atoms with Crippen molar-refractivity contribution in [3.05, 3.63) is 90.3 Å². The zero-order valence-electron chi connectivity index (χ0n) is 18.4. The van der Waals surface area contributed by atoms with Gasteiger partial charge in [0.05, 0.1) is 13.7 Å². The molecule has 1 aromatic heterocycles.